The Kier molecular flexibility index (Phi) is 4.87. The van der Waals surface area contributed by atoms with Gasteiger partial charge < -0.3 is 11.1 Å². The minimum atomic E-state index is -0.734. The van der Waals surface area contributed by atoms with Gasteiger partial charge in [-0.1, -0.05) is 29.8 Å². The van der Waals surface area contributed by atoms with E-state index in [2.05, 4.69) is 10.4 Å². The van der Waals surface area contributed by atoms with E-state index in [4.69, 9.17) is 22.6 Å². The Morgan fingerprint density at radius 3 is 2.62 bits per heavy atom. The number of nitrogens with two attached hydrogens (primary N) is 1. The van der Waals surface area contributed by atoms with Gasteiger partial charge in [-0.05, 0) is 30.3 Å². The standard InChI is InChI=1S/C18H14ClN5O2/c19-14-8-12(7-6-11(14)10-20)22-18(26)15-9-16(17(21)25)24(23-15)13-4-2-1-3-5-13/h1-8,16H,9H2,(H2,21,25)(H,22,26). The van der Waals surface area contributed by atoms with Crippen molar-refractivity contribution >= 4 is 40.5 Å². The molecule has 130 valence electrons. The van der Waals surface area contributed by atoms with E-state index in [0.717, 1.165) is 0 Å². The van der Waals surface area contributed by atoms with Gasteiger partial charge in [0, 0.05) is 12.1 Å². The van der Waals surface area contributed by atoms with Gasteiger partial charge in [0.1, 0.15) is 17.8 Å². The van der Waals surface area contributed by atoms with Crippen molar-refractivity contribution in [2.45, 2.75) is 12.5 Å². The van der Waals surface area contributed by atoms with Crippen molar-refractivity contribution in [2.24, 2.45) is 10.8 Å². The third-order valence-electron chi connectivity index (χ3n) is 3.87. The van der Waals surface area contributed by atoms with E-state index in [0.29, 0.717) is 16.9 Å². The van der Waals surface area contributed by atoms with Gasteiger partial charge >= 0.3 is 0 Å². The zero-order valence-electron chi connectivity index (χ0n) is 13.5. The molecule has 0 bridgehead atoms. The molecular formula is C18H14ClN5O2. The predicted octanol–water partition coefficient (Wildman–Crippen LogP) is 2.27. The summed E-state index contributed by atoms with van der Waals surface area (Å²) < 4.78 is 0. The van der Waals surface area contributed by atoms with Crippen LogP contribution in [-0.2, 0) is 9.59 Å². The third-order valence-corrected chi connectivity index (χ3v) is 4.18. The number of hydrogen-bond acceptors (Lipinski definition) is 5. The number of halogens is 1. The van der Waals surface area contributed by atoms with Crippen molar-refractivity contribution in [1.82, 2.24) is 0 Å². The summed E-state index contributed by atoms with van der Waals surface area (Å²) in [4.78, 5) is 24.3. The van der Waals surface area contributed by atoms with Gasteiger partial charge in [0.25, 0.3) is 5.91 Å². The zero-order valence-corrected chi connectivity index (χ0v) is 14.3. The maximum Gasteiger partial charge on any atom is 0.271 e. The van der Waals surface area contributed by atoms with Crippen molar-refractivity contribution in [3.8, 4) is 6.07 Å². The molecular weight excluding hydrogens is 354 g/mol. The molecule has 2 amide bonds. The van der Waals surface area contributed by atoms with Crippen LogP contribution in [0, 0.1) is 11.3 Å². The highest BCUT2D eigenvalue weighted by atomic mass is 35.5. The number of hydrazone groups is 1. The molecule has 26 heavy (non-hydrogen) atoms. The fraction of sp³-hybridized carbons (Fsp3) is 0.111. The van der Waals surface area contributed by atoms with E-state index in [1.807, 2.05) is 12.1 Å². The van der Waals surface area contributed by atoms with Crippen LogP contribution in [0.15, 0.2) is 53.6 Å². The van der Waals surface area contributed by atoms with Crippen LogP contribution >= 0.6 is 11.6 Å². The average molecular weight is 368 g/mol. The first-order valence-electron chi connectivity index (χ1n) is 7.71. The second-order valence-corrected chi connectivity index (χ2v) is 6.02. The Hall–Kier alpha value is -3.37. The van der Waals surface area contributed by atoms with E-state index >= 15 is 0 Å². The first-order valence-corrected chi connectivity index (χ1v) is 8.09. The number of anilines is 2. The monoisotopic (exact) mass is 367 g/mol. The van der Waals surface area contributed by atoms with Gasteiger partial charge in [-0.3, -0.25) is 14.6 Å². The summed E-state index contributed by atoms with van der Waals surface area (Å²) in [6.45, 7) is 0. The Bertz CT molecular complexity index is 936. The lowest BCUT2D eigenvalue weighted by Gasteiger charge is -2.20. The number of carbonyl (C=O) groups excluding carboxylic acids is 2. The molecule has 3 rings (SSSR count). The van der Waals surface area contributed by atoms with Crippen LogP contribution < -0.4 is 16.1 Å². The molecule has 0 spiro atoms. The molecule has 1 heterocycles. The lowest BCUT2D eigenvalue weighted by Crippen LogP contribution is -2.39. The minimum Gasteiger partial charge on any atom is -0.368 e. The first-order chi connectivity index (χ1) is 12.5. The molecule has 1 aliphatic rings. The number of hydrogen-bond donors (Lipinski definition) is 2. The summed E-state index contributed by atoms with van der Waals surface area (Å²) in [5.41, 5.74) is 7.04. The normalized spacial score (nSPS) is 15.9. The molecule has 1 unspecified atom stereocenters. The Morgan fingerprint density at radius 1 is 1.27 bits per heavy atom. The number of nitriles is 1. The Morgan fingerprint density at radius 2 is 2.00 bits per heavy atom. The first kappa shape index (κ1) is 17.5. The molecule has 0 aliphatic carbocycles. The molecule has 0 aromatic heterocycles. The van der Waals surface area contributed by atoms with Crippen molar-refractivity contribution < 1.29 is 9.59 Å². The molecule has 8 heteroatoms. The van der Waals surface area contributed by atoms with Gasteiger partial charge in [-0.2, -0.15) is 10.4 Å². The van der Waals surface area contributed by atoms with Crippen LogP contribution in [0.25, 0.3) is 0 Å². The molecule has 3 N–H and O–H groups in total. The fourth-order valence-electron chi connectivity index (χ4n) is 2.57. The Balaban J connectivity index is 1.82. The van der Waals surface area contributed by atoms with Crippen LogP contribution in [0.3, 0.4) is 0 Å². The predicted molar refractivity (Wildman–Crippen MR) is 98.8 cm³/mol. The Labute approximate surface area is 154 Å². The van der Waals surface area contributed by atoms with Crippen molar-refractivity contribution in [2.75, 3.05) is 10.3 Å². The van der Waals surface area contributed by atoms with Crippen molar-refractivity contribution in [3.05, 3.63) is 59.1 Å². The van der Waals surface area contributed by atoms with E-state index < -0.39 is 17.9 Å². The molecule has 1 atom stereocenters. The van der Waals surface area contributed by atoms with E-state index in [-0.39, 0.29) is 17.2 Å². The van der Waals surface area contributed by atoms with Crippen LogP contribution in [0.1, 0.15) is 12.0 Å². The maximum absolute atomic E-state index is 12.5. The highest BCUT2D eigenvalue weighted by Crippen LogP contribution is 2.25. The quantitative estimate of drug-likeness (QED) is 0.863. The molecule has 0 saturated heterocycles. The van der Waals surface area contributed by atoms with Gasteiger partial charge in [-0.25, -0.2) is 0 Å². The molecule has 1 aliphatic heterocycles. The highest BCUT2D eigenvalue weighted by Gasteiger charge is 2.34. The number of para-hydroxylation sites is 1. The lowest BCUT2D eigenvalue weighted by atomic mass is 10.1. The smallest absolute Gasteiger partial charge is 0.271 e. The summed E-state index contributed by atoms with van der Waals surface area (Å²) in [5.74, 6) is -1.03. The van der Waals surface area contributed by atoms with Crippen LogP contribution in [-0.4, -0.2) is 23.6 Å². The van der Waals surface area contributed by atoms with Gasteiger partial charge in [0.05, 0.1) is 16.3 Å². The van der Waals surface area contributed by atoms with Crippen LogP contribution in [0.4, 0.5) is 11.4 Å². The third kappa shape index (κ3) is 3.50. The molecule has 2 aromatic carbocycles. The van der Waals surface area contributed by atoms with Crippen molar-refractivity contribution in [3.63, 3.8) is 0 Å². The number of rotatable bonds is 4. The zero-order chi connectivity index (χ0) is 18.7. The fourth-order valence-corrected chi connectivity index (χ4v) is 2.80. The highest BCUT2D eigenvalue weighted by molar-refractivity contribution is 6.44. The molecule has 2 aromatic rings. The van der Waals surface area contributed by atoms with Crippen molar-refractivity contribution in [1.29, 1.82) is 5.26 Å². The number of benzene rings is 2. The number of amides is 2. The average Bonchev–Trinajstić information content (AvgIpc) is 3.08. The van der Waals surface area contributed by atoms with Crippen LogP contribution in [0.2, 0.25) is 5.02 Å². The SMILES string of the molecule is N#Cc1ccc(NC(=O)C2=NN(c3ccccc3)C(C(N)=O)C2)cc1Cl. The van der Waals surface area contributed by atoms with E-state index in [9.17, 15) is 9.59 Å². The number of carbonyl (C=O) groups is 2. The summed E-state index contributed by atoms with van der Waals surface area (Å²) in [6, 6.07) is 14.8. The maximum atomic E-state index is 12.5. The number of nitrogens with one attached hydrogen (secondary N) is 1. The molecule has 0 fully saturated rings. The topological polar surface area (TPSA) is 112 Å². The van der Waals surface area contributed by atoms with Gasteiger partial charge in [0.2, 0.25) is 5.91 Å². The lowest BCUT2D eigenvalue weighted by molar-refractivity contribution is -0.119. The second kappa shape index (κ2) is 7.25. The summed E-state index contributed by atoms with van der Waals surface area (Å²) in [7, 11) is 0. The van der Waals surface area contributed by atoms with E-state index in [1.165, 1.54) is 17.1 Å². The molecule has 7 nitrogen and oxygen atoms in total. The van der Waals surface area contributed by atoms with Crippen LogP contribution in [0.5, 0.6) is 0 Å². The minimum absolute atomic E-state index is 0.0973. The van der Waals surface area contributed by atoms with Gasteiger partial charge in [-0.15, -0.1) is 0 Å². The summed E-state index contributed by atoms with van der Waals surface area (Å²) >= 11 is 5.97. The second-order valence-electron chi connectivity index (χ2n) is 5.61. The summed E-state index contributed by atoms with van der Waals surface area (Å²) in [6.07, 6.45) is 0.0973. The van der Waals surface area contributed by atoms with Gasteiger partial charge in [0.15, 0.2) is 0 Å². The molecule has 0 saturated carbocycles. The number of primary amides is 1. The molecule has 0 radical (unpaired) electrons. The summed E-state index contributed by atoms with van der Waals surface area (Å²) in [5, 5.41) is 17.5. The number of nitrogens with zero attached hydrogens (tertiary/aromatic N) is 3. The largest absolute Gasteiger partial charge is 0.368 e. The van der Waals surface area contributed by atoms with E-state index in [1.54, 1.807) is 30.3 Å².